The highest BCUT2D eigenvalue weighted by atomic mass is 16.5. The third-order valence-corrected chi connectivity index (χ3v) is 3.76. The fourth-order valence-electron chi connectivity index (χ4n) is 2.60. The summed E-state index contributed by atoms with van der Waals surface area (Å²) >= 11 is 0. The highest BCUT2D eigenvalue weighted by molar-refractivity contribution is 5.95. The molecule has 1 aliphatic carbocycles. The molecule has 21 heavy (non-hydrogen) atoms. The summed E-state index contributed by atoms with van der Waals surface area (Å²) in [5, 5.41) is 11.6. The second-order valence-electron chi connectivity index (χ2n) is 5.36. The topological polar surface area (TPSA) is 88.1 Å². The first-order chi connectivity index (χ1) is 10.2. The number of nitrogens with one attached hydrogen (secondary N) is 1. The molecule has 0 heterocycles. The van der Waals surface area contributed by atoms with E-state index in [0.717, 1.165) is 12.8 Å². The lowest BCUT2D eigenvalue weighted by Crippen LogP contribution is -2.34. The Hall–Kier alpha value is -2.22. The predicted molar refractivity (Wildman–Crippen MR) is 80.9 cm³/mol. The Kier molecular flexibility index (Phi) is 5.44. The van der Waals surface area contributed by atoms with Crippen LogP contribution >= 0.6 is 0 Å². The zero-order chi connectivity index (χ0) is 15.1. The summed E-state index contributed by atoms with van der Waals surface area (Å²) < 4.78 is 5.22. The van der Waals surface area contributed by atoms with Crippen molar-refractivity contribution in [3.8, 4) is 11.8 Å². The second-order valence-corrected chi connectivity index (χ2v) is 5.36. The fourth-order valence-corrected chi connectivity index (χ4v) is 2.60. The van der Waals surface area contributed by atoms with Gasteiger partial charge in [-0.25, -0.2) is 0 Å². The molecule has 0 spiro atoms. The molecule has 0 unspecified atom stereocenters. The van der Waals surface area contributed by atoms with Gasteiger partial charge < -0.3 is 15.8 Å². The van der Waals surface area contributed by atoms with Crippen LogP contribution in [0.3, 0.4) is 0 Å². The molecule has 3 N–H and O–H groups in total. The molecule has 0 aromatic heterocycles. The van der Waals surface area contributed by atoms with Crippen molar-refractivity contribution < 1.29 is 9.53 Å². The van der Waals surface area contributed by atoms with Crippen LogP contribution in [0.2, 0.25) is 0 Å². The standard InChI is InChI=1S/C16H21N3O2/c17-9-10-21-15-11-12(7-8-14(15)18)16(20)19-13-5-3-1-2-4-6-13/h7-8,11,13H,1-6,10,18H2,(H,19,20). The first-order valence-electron chi connectivity index (χ1n) is 7.41. The van der Waals surface area contributed by atoms with Gasteiger partial charge >= 0.3 is 0 Å². The third kappa shape index (κ3) is 4.38. The number of amides is 1. The van der Waals surface area contributed by atoms with Gasteiger partial charge in [-0.3, -0.25) is 4.79 Å². The number of benzene rings is 1. The van der Waals surface area contributed by atoms with Crippen molar-refractivity contribution in [2.45, 2.75) is 44.6 Å². The molecule has 1 amide bonds. The predicted octanol–water partition coefficient (Wildman–Crippen LogP) is 2.62. The molecular formula is C16H21N3O2. The van der Waals surface area contributed by atoms with E-state index in [2.05, 4.69) is 5.32 Å². The SMILES string of the molecule is N#CCOc1cc(C(=O)NC2CCCCCC2)ccc1N. The van der Waals surface area contributed by atoms with Gasteiger partial charge in [0, 0.05) is 11.6 Å². The Morgan fingerprint density at radius 3 is 2.71 bits per heavy atom. The van der Waals surface area contributed by atoms with Crippen LogP contribution in [0.4, 0.5) is 5.69 Å². The number of carbonyl (C=O) groups is 1. The van der Waals surface area contributed by atoms with Crippen molar-refractivity contribution in [2.75, 3.05) is 12.3 Å². The number of nitriles is 1. The first kappa shape index (κ1) is 15.2. The average molecular weight is 287 g/mol. The number of carbonyl (C=O) groups excluding carboxylic acids is 1. The Morgan fingerprint density at radius 2 is 2.05 bits per heavy atom. The van der Waals surface area contributed by atoms with Crippen LogP contribution in [-0.2, 0) is 0 Å². The second kappa shape index (κ2) is 7.53. The summed E-state index contributed by atoms with van der Waals surface area (Å²) in [6.45, 7) is -0.0854. The Morgan fingerprint density at radius 1 is 1.33 bits per heavy atom. The minimum atomic E-state index is -0.108. The van der Waals surface area contributed by atoms with Crippen molar-refractivity contribution in [1.29, 1.82) is 5.26 Å². The number of rotatable bonds is 4. The third-order valence-electron chi connectivity index (χ3n) is 3.76. The first-order valence-corrected chi connectivity index (χ1v) is 7.41. The normalized spacial score (nSPS) is 15.8. The van der Waals surface area contributed by atoms with Gasteiger partial charge in [0.1, 0.15) is 11.8 Å². The van der Waals surface area contributed by atoms with E-state index in [1.165, 1.54) is 25.7 Å². The molecule has 0 bridgehead atoms. The fraction of sp³-hybridized carbons (Fsp3) is 0.500. The van der Waals surface area contributed by atoms with Crippen LogP contribution in [0.1, 0.15) is 48.9 Å². The molecule has 5 heteroatoms. The van der Waals surface area contributed by atoms with Gasteiger partial charge in [-0.1, -0.05) is 25.7 Å². The molecule has 5 nitrogen and oxygen atoms in total. The van der Waals surface area contributed by atoms with E-state index in [4.69, 9.17) is 15.7 Å². The summed E-state index contributed by atoms with van der Waals surface area (Å²) in [4.78, 5) is 12.3. The monoisotopic (exact) mass is 287 g/mol. The molecule has 112 valence electrons. The summed E-state index contributed by atoms with van der Waals surface area (Å²) in [5.74, 6) is 0.272. The Labute approximate surface area is 125 Å². The number of hydrogen-bond donors (Lipinski definition) is 2. The molecular weight excluding hydrogens is 266 g/mol. The van der Waals surface area contributed by atoms with Crippen molar-refractivity contribution >= 4 is 11.6 Å². The van der Waals surface area contributed by atoms with E-state index in [1.807, 2.05) is 6.07 Å². The smallest absolute Gasteiger partial charge is 0.251 e. The van der Waals surface area contributed by atoms with E-state index in [1.54, 1.807) is 18.2 Å². The van der Waals surface area contributed by atoms with Gasteiger partial charge in [-0.15, -0.1) is 0 Å². The highest BCUT2D eigenvalue weighted by Crippen LogP contribution is 2.23. The van der Waals surface area contributed by atoms with Crippen LogP contribution in [-0.4, -0.2) is 18.6 Å². The molecule has 1 fully saturated rings. The summed E-state index contributed by atoms with van der Waals surface area (Å²) in [5.41, 5.74) is 6.71. The molecule has 0 aliphatic heterocycles. The zero-order valence-electron chi connectivity index (χ0n) is 12.1. The van der Waals surface area contributed by atoms with Crippen molar-refractivity contribution in [2.24, 2.45) is 0 Å². The molecule has 1 aromatic rings. The van der Waals surface area contributed by atoms with Gasteiger partial charge in [-0.05, 0) is 31.0 Å². The molecule has 1 saturated carbocycles. The van der Waals surface area contributed by atoms with E-state index >= 15 is 0 Å². The van der Waals surface area contributed by atoms with E-state index in [9.17, 15) is 4.79 Å². The van der Waals surface area contributed by atoms with Gasteiger partial charge in [0.15, 0.2) is 6.61 Å². The lowest BCUT2D eigenvalue weighted by molar-refractivity contribution is 0.0933. The van der Waals surface area contributed by atoms with Gasteiger partial charge in [0.25, 0.3) is 5.91 Å². The maximum Gasteiger partial charge on any atom is 0.251 e. The number of anilines is 1. The maximum atomic E-state index is 12.3. The summed E-state index contributed by atoms with van der Waals surface area (Å²) in [6, 6.07) is 7.05. The van der Waals surface area contributed by atoms with E-state index in [-0.39, 0.29) is 18.6 Å². The van der Waals surface area contributed by atoms with Gasteiger partial charge in [0.2, 0.25) is 0 Å². The minimum Gasteiger partial charge on any atom is -0.477 e. The Bertz CT molecular complexity index is 529. The van der Waals surface area contributed by atoms with E-state index in [0.29, 0.717) is 17.0 Å². The molecule has 2 rings (SSSR count). The highest BCUT2D eigenvalue weighted by Gasteiger charge is 2.16. The van der Waals surface area contributed by atoms with Crippen molar-refractivity contribution in [1.82, 2.24) is 5.32 Å². The summed E-state index contributed by atoms with van der Waals surface area (Å²) in [7, 11) is 0. The van der Waals surface area contributed by atoms with Crippen LogP contribution in [0.25, 0.3) is 0 Å². The van der Waals surface area contributed by atoms with Crippen LogP contribution in [0.5, 0.6) is 5.75 Å². The lowest BCUT2D eigenvalue weighted by atomic mass is 10.1. The minimum absolute atomic E-state index is 0.0854. The summed E-state index contributed by atoms with van der Waals surface area (Å²) in [6.07, 6.45) is 6.92. The number of ether oxygens (including phenoxy) is 1. The number of nitrogens with zero attached hydrogens (tertiary/aromatic N) is 1. The number of nitrogen functional groups attached to an aromatic ring is 1. The van der Waals surface area contributed by atoms with Crippen molar-refractivity contribution in [3.63, 3.8) is 0 Å². The average Bonchev–Trinajstić information content (AvgIpc) is 2.75. The zero-order valence-corrected chi connectivity index (χ0v) is 12.1. The Balaban J connectivity index is 2.02. The molecule has 1 aromatic carbocycles. The number of nitrogens with two attached hydrogens (primary N) is 1. The quantitative estimate of drug-likeness (QED) is 0.658. The molecule has 0 atom stereocenters. The lowest BCUT2D eigenvalue weighted by Gasteiger charge is -2.16. The van der Waals surface area contributed by atoms with Gasteiger partial charge in [0.05, 0.1) is 5.69 Å². The molecule has 0 radical (unpaired) electrons. The molecule has 0 saturated heterocycles. The van der Waals surface area contributed by atoms with Crippen LogP contribution in [0.15, 0.2) is 18.2 Å². The van der Waals surface area contributed by atoms with Gasteiger partial charge in [-0.2, -0.15) is 5.26 Å². The molecule has 1 aliphatic rings. The number of hydrogen-bond acceptors (Lipinski definition) is 4. The maximum absolute atomic E-state index is 12.3. The van der Waals surface area contributed by atoms with Crippen molar-refractivity contribution in [3.05, 3.63) is 23.8 Å². The largest absolute Gasteiger partial charge is 0.477 e. The van der Waals surface area contributed by atoms with Crippen LogP contribution < -0.4 is 15.8 Å². The van der Waals surface area contributed by atoms with Crippen LogP contribution in [0, 0.1) is 11.3 Å². The van der Waals surface area contributed by atoms with E-state index < -0.39 is 0 Å².